The van der Waals surface area contributed by atoms with Gasteiger partial charge in [-0.05, 0) is 24.3 Å². The fraction of sp³-hybridized carbons (Fsp3) is 0.100. The Labute approximate surface area is 134 Å². The molecular formula is C20H17NO2. The monoisotopic (exact) mass is 303 g/mol. The van der Waals surface area contributed by atoms with Crippen molar-refractivity contribution in [2.24, 2.45) is 0 Å². The number of nitrogens with zero attached hydrogens (tertiary/aromatic N) is 1. The van der Waals surface area contributed by atoms with E-state index in [0.717, 1.165) is 17.2 Å². The van der Waals surface area contributed by atoms with Crippen molar-refractivity contribution in [3.8, 4) is 17.2 Å². The lowest BCUT2D eigenvalue weighted by molar-refractivity contribution is 0.355. The Kier molecular flexibility index (Phi) is 3.19. The minimum Gasteiger partial charge on any atom is -0.493 e. The molecule has 0 spiro atoms. The summed E-state index contributed by atoms with van der Waals surface area (Å²) in [5, 5.41) is 2.50. The summed E-state index contributed by atoms with van der Waals surface area (Å²) in [4.78, 5) is 0. The minimum atomic E-state index is 0.729. The molecule has 0 fully saturated rings. The molecule has 1 heterocycles. The predicted molar refractivity (Wildman–Crippen MR) is 93.9 cm³/mol. The van der Waals surface area contributed by atoms with Gasteiger partial charge in [0, 0.05) is 16.8 Å². The van der Waals surface area contributed by atoms with Crippen molar-refractivity contribution in [1.29, 1.82) is 0 Å². The molecule has 3 heteroatoms. The van der Waals surface area contributed by atoms with Crippen LogP contribution < -0.4 is 9.47 Å². The van der Waals surface area contributed by atoms with E-state index in [1.165, 1.54) is 21.8 Å². The molecule has 0 unspecified atom stereocenters. The maximum atomic E-state index is 5.46. The predicted octanol–water partition coefficient (Wildman–Crippen LogP) is 4.80. The molecule has 0 saturated carbocycles. The zero-order valence-electron chi connectivity index (χ0n) is 13.1. The number of ether oxygens (including phenoxy) is 2. The van der Waals surface area contributed by atoms with Gasteiger partial charge in [-0.25, -0.2) is 0 Å². The zero-order chi connectivity index (χ0) is 15.8. The average molecular weight is 303 g/mol. The smallest absolute Gasteiger partial charge is 0.162 e. The first kappa shape index (κ1) is 13.7. The first-order valence-electron chi connectivity index (χ1n) is 7.54. The Morgan fingerprint density at radius 3 is 1.78 bits per heavy atom. The van der Waals surface area contributed by atoms with Crippen LogP contribution in [0, 0.1) is 0 Å². The largest absolute Gasteiger partial charge is 0.493 e. The van der Waals surface area contributed by atoms with Crippen LogP contribution in [-0.4, -0.2) is 18.8 Å². The van der Waals surface area contributed by atoms with E-state index < -0.39 is 0 Å². The summed E-state index contributed by atoms with van der Waals surface area (Å²) in [7, 11) is 3.31. The SMILES string of the molecule is COc1ccc(-n2c3ccccc3c3ccccc32)cc1OC. The van der Waals surface area contributed by atoms with Crippen molar-refractivity contribution < 1.29 is 9.47 Å². The van der Waals surface area contributed by atoms with Crippen molar-refractivity contribution in [1.82, 2.24) is 4.57 Å². The molecule has 0 amide bonds. The molecule has 0 atom stereocenters. The fourth-order valence-electron chi connectivity index (χ4n) is 3.16. The summed E-state index contributed by atoms with van der Waals surface area (Å²) in [5.74, 6) is 1.46. The Bertz CT molecular complexity index is 948. The number of para-hydroxylation sites is 2. The van der Waals surface area contributed by atoms with E-state index in [1.807, 2.05) is 12.1 Å². The highest BCUT2D eigenvalue weighted by atomic mass is 16.5. The second-order valence-electron chi connectivity index (χ2n) is 5.41. The lowest BCUT2D eigenvalue weighted by atomic mass is 10.2. The molecule has 0 N–H and O–H groups in total. The van der Waals surface area contributed by atoms with Gasteiger partial charge >= 0.3 is 0 Å². The Morgan fingerprint density at radius 2 is 1.22 bits per heavy atom. The summed E-state index contributed by atoms with van der Waals surface area (Å²) < 4.78 is 13.1. The van der Waals surface area contributed by atoms with Gasteiger partial charge in [0.2, 0.25) is 0 Å². The molecule has 0 radical (unpaired) electrons. The molecule has 0 bridgehead atoms. The van der Waals surface area contributed by atoms with Crippen molar-refractivity contribution >= 4 is 21.8 Å². The third-order valence-corrected chi connectivity index (χ3v) is 4.21. The lowest BCUT2D eigenvalue weighted by Crippen LogP contribution is -1.96. The summed E-state index contributed by atoms with van der Waals surface area (Å²) in [6.07, 6.45) is 0. The molecule has 0 aliphatic carbocycles. The number of rotatable bonds is 3. The lowest BCUT2D eigenvalue weighted by Gasteiger charge is -2.12. The highest BCUT2D eigenvalue weighted by molar-refractivity contribution is 6.09. The van der Waals surface area contributed by atoms with Gasteiger partial charge in [-0.2, -0.15) is 0 Å². The molecule has 114 valence electrons. The zero-order valence-corrected chi connectivity index (χ0v) is 13.1. The normalized spacial score (nSPS) is 11.0. The molecule has 0 aliphatic heterocycles. The molecule has 3 nitrogen and oxygen atoms in total. The number of hydrogen-bond donors (Lipinski definition) is 0. The number of fused-ring (bicyclic) bond motifs is 3. The Morgan fingerprint density at radius 1 is 0.652 bits per heavy atom. The van der Waals surface area contributed by atoms with E-state index in [1.54, 1.807) is 14.2 Å². The van der Waals surface area contributed by atoms with Crippen LogP contribution >= 0.6 is 0 Å². The van der Waals surface area contributed by atoms with E-state index >= 15 is 0 Å². The number of hydrogen-bond acceptors (Lipinski definition) is 2. The summed E-state index contributed by atoms with van der Waals surface area (Å²) in [5.41, 5.74) is 3.42. The van der Waals surface area contributed by atoms with Crippen LogP contribution in [0.1, 0.15) is 0 Å². The highest BCUT2D eigenvalue weighted by Crippen LogP contribution is 2.35. The standard InChI is InChI=1S/C20H17NO2/c1-22-19-12-11-14(13-20(19)23-2)21-17-9-5-3-7-15(17)16-8-4-6-10-18(16)21/h3-13H,1-2H3. The summed E-state index contributed by atoms with van der Waals surface area (Å²) in [6, 6.07) is 22.9. The topological polar surface area (TPSA) is 23.4 Å². The van der Waals surface area contributed by atoms with Gasteiger partial charge in [0.25, 0.3) is 0 Å². The van der Waals surface area contributed by atoms with Crippen molar-refractivity contribution in [3.05, 3.63) is 66.7 Å². The van der Waals surface area contributed by atoms with Crippen LogP contribution in [0.25, 0.3) is 27.5 Å². The van der Waals surface area contributed by atoms with Gasteiger partial charge in [-0.15, -0.1) is 0 Å². The van der Waals surface area contributed by atoms with E-state index in [9.17, 15) is 0 Å². The first-order valence-corrected chi connectivity index (χ1v) is 7.54. The molecule has 3 aromatic carbocycles. The van der Waals surface area contributed by atoms with E-state index in [-0.39, 0.29) is 0 Å². The maximum absolute atomic E-state index is 5.46. The van der Waals surface area contributed by atoms with E-state index in [4.69, 9.17) is 9.47 Å². The second-order valence-corrected chi connectivity index (χ2v) is 5.41. The third-order valence-electron chi connectivity index (χ3n) is 4.21. The van der Waals surface area contributed by atoms with Crippen LogP contribution in [0.3, 0.4) is 0 Å². The Hall–Kier alpha value is -2.94. The maximum Gasteiger partial charge on any atom is 0.162 e. The highest BCUT2D eigenvalue weighted by Gasteiger charge is 2.13. The van der Waals surface area contributed by atoms with Crippen molar-refractivity contribution in [2.45, 2.75) is 0 Å². The van der Waals surface area contributed by atoms with Crippen LogP contribution in [0.2, 0.25) is 0 Å². The third kappa shape index (κ3) is 2.05. The van der Waals surface area contributed by atoms with Gasteiger partial charge in [0.15, 0.2) is 11.5 Å². The molecular weight excluding hydrogens is 286 g/mol. The van der Waals surface area contributed by atoms with Crippen LogP contribution in [0.5, 0.6) is 11.5 Å². The quantitative estimate of drug-likeness (QED) is 0.542. The minimum absolute atomic E-state index is 0.729. The van der Waals surface area contributed by atoms with E-state index in [0.29, 0.717) is 0 Å². The molecule has 0 aliphatic rings. The molecule has 0 saturated heterocycles. The Balaban J connectivity index is 2.08. The molecule has 4 aromatic rings. The molecule has 1 aromatic heterocycles. The second kappa shape index (κ2) is 5.36. The van der Waals surface area contributed by atoms with Crippen LogP contribution in [-0.2, 0) is 0 Å². The average Bonchev–Trinajstić information content (AvgIpc) is 2.95. The first-order chi connectivity index (χ1) is 11.3. The number of methoxy groups -OCH3 is 2. The van der Waals surface area contributed by atoms with Crippen LogP contribution in [0.15, 0.2) is 66.7 Å². The van der Waals surface area contributed by atoms with E-state index in [2.05, 4.69) is 59.2 Å². The summed E-state index contributed by atoms with van der Waals surface area (Å²) in [6.45, 7) is 0. The number of aromatic nitrogens is 1. The number of benzene rings is 3. The summed E-state index contributed by atoms with van der Waals surface area (Å²) >= 11 is 0. The van der Waals surface area contributed by atoms with Gasteiger partial charge in [-0.3, -0.25) is 0 Å². The van der Waals surface area contributed by atoms with Gasteiger partial charge in [0.1, 0.15) is 0 Å². The van der Waals surface area contributed by atoms with Crippen molar-refractivity contribution in [2.75, 3.05) is 14.2 Å². The van der Waals surface area contributed by atoms with Crippen LogP contribution in [0.4, 0.5) is 0 Å². The van der Waals surface area contributed by atoms with Crippen molar-refractivity contribution in [3.63, 3.8) is 0 Å². The molecule has 23 heavy (non-hydrogen) atoms. The van der Waals surface area contributed by atoms with Gasteiger partial charge in [0.05, 0.1) is 30.9 Å². The van der Waals surface area contributed by atoms with Gasteiger partial charge in [-0.1, -0.05) is 36.4 Å². The fourth-order valence-corrected chi connectivity index (χ4v) is 3.16. The molecule has 4 rings (SSSR count). The van der Waals surface area contributed by atoms with Gasteiger partial charge < -0.3 is 14.0 Å².